The average molecular weight is 332 g/mol. The number of benzene rings is 2. The van der Waals surface area contributed by atoms with E-state index in [1.807, 2.05) is 36.4 Å². The Bertz CT molecular complexity index is 785. The van der Waals surface area contributed by atoms with E-state index in [-0.39, 0.29) is 0 Å². The van der Waals surface area contributed by atoms with Crippen LogP contribution in [0.5, 0.6) is 0 Å². The van der Waals surface area contributed by atoms with Crippen LogP contribution in [0.25, 0.3) is 11.1 Å². The highest BCUT2D eigenvalue weighted by Gasteiger charge is 2.31. The van der Waals surface area contributed by atoms with Crippen molar-refractivity contribution in [2.45, 2.75) is 40.3 Å². The molecule has 25 heavy (non-hydrogen) atoms. The highest BCUT2D eigenvalue weighted by Crippen LogP contribution is 2.38. The number of aromatic nitrogens is 1. The van der Waals surface area contributed by atoms with Crippen molar-refractivity contribution in [3.63, 3.8) is 0 Å². The van der Waals surface area contributed by atoms with Crippen molar-refractivity contribution in [2.24, 2.45) is 11.1 Å². The van der Waals surface area contributed by atoms with Gasteiger partial charge in [-0.25, -0.2) is 0 Å². The molecule has 0 radical (unpaired) electrons. The van der Waals surface area contributed by atoms with E-state index in [4.69, 9.17) is 5.73 Å². The van der Waals surface area contributed by atoms with Crippen molar-refractivity contribution in [3.05, 3.63) is 83.7 Å². The number of aryl methyl sites for hydroxylation is 1. The van der Waals surface area contributed by atoms with Gasteiger partial charge in [0.25, 0.3) is 0 Å². The Balaban J connectivity index is 0.000000258. The Morgan fingerprint density at radius 3 is 2.04 bits per heavy atom. The minimum atomic E-state index is 0.366. The number of nitrogens with two attached hydrogens (primary N) is 1. The molecule has 2 N–H and O–H groups in total. The lowest BCUT2D eigenvalue weighted by atomic mass is 9.90. The second-order valence-corrected chi connectivity index (χ2v) is 7.65. The molecule has 2 heteroatoms. The summed E-state index contributed by atoms with van der Waals surface area (Å²) in [5.41, 5.74) is 13.0. The molecule has 0 atom stereocenters. The van der Waals surface area contributed by atoms with Crippen molar-refractivity contribution in [2.75, 3.05) is 0 Å². The summed E-state index contributed by atoms with van der Waals surface area (Å²) in [7, 11) is 0. The van der Waals surface area contributed by atoms with Crippen LogP contribution in [0, 0.1) is 12.3 Å². The van der Waals surface area contributed by atoms with Crippen molar-refractivity contribution >= 4 is 0 Å². The standard InChI is InChI=1S/C17H22N2.C6H6/c1-12-4-6-13(7-5-12)15-8-14-9-17(2,3)11-19(14)16(15)10-18;1-2-4-6-5-3-1/h4-8H,9-11,18H2,1-3H3;1-6H. The Morgan fingerprint density at radius 2 is 1.52 bits per heavy atom. The summed E-state index contributed by atoms with van der Waals surface area (Å²) in [4.78, 5) is 0. The Hall–Kier alpha value is -2.32. The van der Waals surface area contributed by atoms with Crippen LogP contribution in [0.4, 0.5) is 0 Å². The normalized spacial score (nSPS) is 14.6. The molecule has 130 valence electrons. The summed E-state index contributed by atoms with van der Waals surface area (Å²) in [5.74, 6) is 0. The van der Waals surface area contributed by atoms with Crippen LogP contribution < -0.4 is 5.73 Å². The Kier molecular flexibility index (Phi) is 5.10. The molecule has 0 fully saturated rings. The lowest BCUT2D eigenvalue weighted by molar-refractivity contribution is 0.356. The second-order valence-electron chi connectivity index (χ2n) is 7.65. The van der Waals surface area contributed by atoms with Gasteiger partial charge in [-0.2, -0.15) is 0 Å². The number of fused-ring (bicyclic) bond motifs is 1. The lowest BCUT2D eigenvalue weighted by Crippen LogP contribution is -2.15. The molecule has 0 amide bonds. The zero-order valence-corrected chi connectivity index (χ0v) is 15.5. The molecule has 0 saturated carbocycles. The number of rotatable bonds is 2. The first-order chi connectivity index (χ1) is 12.0. The molecular formula is C23H28N2. The van der Waals surface area contributed by atoms with Crippen molar-refractivity contribution in [3.8, 4) is 11.1 Å². The van der Waals surface area contributed by atoms with E-state index in [0.29, 0.717) is 12.0 Å². The van der Waals surface area contributed by atoms with Crippen LogP contribution in [0.1, 0.15) is 30.8 Å². The van der Waals surface area contributed by atoms with E-state index in [1.54, 1.807) is 0 Å². The van der Waals surface area contributed by atoms with Crippen LogP contribution in [-0.4, -0.2) is 4.57 Å². The minimum absolute atomic E-state index is 0.366. The van der Waals surface area contributed by atoms with Crippen LogP contribution in [0.15, 0.2) is 66.7 Å². The molecule has 0 unspecified atom stereocenters. The molecule has 1 aliphatic heterocycles. The van der Waals surface area contributed by atoms with Gasteiger partial charge in [0, 0.05) is 30.0 Å². The highest BCUT2D eigenvalue weighted by molar-refractivity contribution is 5.68. The molecule has 0 aliphatic carbocycles. The van der Waals surface area contributed by atoms with Gasteiger partial charge >= 0.3 is 0 Å². The van der Waals surface area contributed by atoms with Crippen molar-refractivity contribution < 1.29 is 0 Å². The van der Waals surface area contributed by atoms with Crippen molar-refractivity contribution in [1.82, 2.24) is 4.57 Å². The van der Waals surface area contributed by atoms with Gasteiger partial charge in [-0.3, -0.25) is 0 Å². The number of nitrogens with zero attached hydrogens (tertiary/aromatic N) is 1. The Morgan fingerprint density at radius 1 is 0.960 bits per heavy atom. The monoisotopic (exact) mass is 332 g/mol. The van der Waals surface area contributed by atoms with Crippen LogP contribution >= 0.6 is 0 Å². The van der Waals surface area contributed by atoms with E-state index in [0.717, 1.165) is 13.0 Å². The summed E-state index contributed by atoms with van der Waals surface area (Å²) < 4.78 is 2.43. The predicted octanol–water partition coefficient (Wildman–Crippen LogP) is 5.19. The van der Waals surface area contributed by atoms with Gasteiger partial charge in [0.05, 0.1) is 0 Å². The maximum absolute atomic E-state index is 6.00. The zero-order valence-electron chi connectivity index (χ0n) is 15.5. The summed E-state index contributed by atoms with van der Waals surface area (Å²) in [5, 5.41) is 0. The third kappa shape index (κ3) is 4.02. The largest absolute Gasteiger partial charge is 0.346 e. The molecule has 1 aliphatic rings. The summed E-state index contributed by atoms with van der Waals surface area (Å²) in [6.07, 6.45) is 1.14. The first-order valence-corrected chi connectivity index (χ1v) is 8.98. The first-order valence-electron chi connectivity index (χ1n) is 8.98. The third-order valence-electron chi connectivity index (χ3n) is 4.76. The van der Waals surface area contributed by atoms with Gasteiger partial charge in [-0.15, -0.1) is 0 Å². The van der Waals surface area contributed by atoms with Crippen molar-refractivity contribution in [1.29, 1.82) is 0 Å². The smallest absolute Gasteiger partial charge is 0.0394 e. The summed E-state index contributed by atoms with van der Waals surface area (Å²) >= 11 is 0. The van der Waals surface area contributed by atoms with E-state index in [9.17, 15) is 0 Å². The van der Waals surface area contributed by atoms with Crippen LogP contribution in [-0.2, 0) is 19.5 Å². The molecule has 1 aromatic heterocycles. The van der Waals surface area contributed by atoms with Gasteiger partial charge in [-0.1, -0.05) is 80.1 Å². The van der Waals surface area contributed by atoms with Gasteiger partial charge < -0.3 is 10.3 Å². The Labute approximate surface area is 151 Å². The topological polar surface area (TPSA) is 30.9 Å². The quantitative estimate of drug-likeness (QED) is 0.688. The van der Waals surface area contributed by atoms with E-state index in [2.05, 4.69) is 55.7 Å². The summed E-state index contributed by atoms with van der Waals surface area (Å²) in [6, 6.07) is 23.1. The lowest BCUT2D eigenvalue weighted by Gasteiger charge is -2.17. The van der Waals surface area contributed by atoms with Crippen LogP contribution in [0.2, 0.25) is 0 Å². The maximum Gasteiger partial charge on any atom is 0.0394 e. The van der Waals surface area contributed by atoms with E-state index < -0.39 is 0 Å². The predicted molar refractivity (Wildman–Crippen MR) is 106 cm³/mol. The molecule has 2 heterocycles. The van der Waals surface area contributed by atoms with E-state index >= 15 is 0 Å². The fourth-order valence-electron chi connectivity index (χ4n) is 3.55. The van der Waals surface area contributed by atoms with Gasteiger partial charge in [0.2, 0.25) is 0 Å². The zero-order chi connectivity index (χ0) is 17.9. The third-order valence-corrected chi connectivity index (χ3v) is 4.76. The molecule has 4 rings (SSSR count). The fraction of sp³-hybridized carbons (Fsp3) is 0.304. The molecule has 0 spiro atoms. The molecule has 2 nitrogen and oxygen atoms in total. The first kappa shape index (κ1) is 17.5. The van der Waals surface area contributed by atoms with Gasteiger partial charge in [0.15, 0.2) is 0 Å². The summed E-state index contributed by atoms with van der Waals surface area (Å²) in [6.45, 7) is 8.47. The maximum atomic E-state index is 6.00. The average Bonchev–Trinajstić information content (AvgIpc) is 3.09. The van der Waals surface area contributed by atoms with E-state index in [1.165, 1.54) is 28.1 Å². The SMILES string of the molecule is Cc1ccc(-c2cc3n(c2CN)CC(C)(C)C3)cc1.c1ccccc1. The molecule has 2 aromatic carbocycles. The van der Waals surface area contributed by atoms with Gasteiger partial charge in [-0.05, 0) is 30.4 Å². The molecule has 0 bridgehead atoms. The second kappa shape index (κ2) is 7.28. The van der Waals surface area contributed by atoms with Gasteiger partial charge in [0.1, 0.15) is 0 Å². The number of hydrogen-bond acceptors (Lipinski definition) is 1. The van der Waals surface area contributed by atoms with Crippen LogP contribution in [0.3, 0.4) is 0 Å². The molecular weight excluding hydrogens is 304 g/mol. The molecule has 3 aromatic rings. The highest BCUT2D eigenvalue weighted by atomic mass is 15.0. The number of hydrogen-bond donors (Lipinski definition) is 1. The minimum Gasteiger partial charge on any atom is -0.346 e. The fourth-order valence-corrected chi connectivity index (χ4v) is 3.55. The molecule has 0 saturated heterocycles.